The van der Waals surface area contributed by atoms with E-state index in [0.29, 0.717) is 36.7 Å². The first-order valence-electron chi connectivity index (χ1n) is 14.7. The van der Waals surface area contributed by atoms with Crippen molar-refractivity contribution in [2.45, 2.75) is 39.7 Å². The Labute approximate surface area is 273 Å². The maximum atomic E-state index is 14.2. The van der Waals surface area contributed by atoms with Gasteiger partial charge in [-0.3, -0.25) is 9.36 Å². The van der Waals surface area contributed by atoms with Crippen molar-refractivity contribution in [3.05, 3.63) is 125 Å². The van der Waals surface area contributed by atoms with Crippen molar-refractivity contribution in [2.75, 3.05) is 19.8 Å². The van der Waals surface area contributed by atoms with E-state index in [1.807, 2.05) is 54.6 Å². The van der Waals surface area contributed by atoms with E-state index in [4.69, 9.17) is 19.2 Å². The second kappa shape index (κ2) is 14.2. The van der Waals surface area contributed by atoms with Gasteiger partial charge >= 0.3 is 11.9 Å². The van der Waals surface area contributed by atoms with Crippen LogP contribution in [0.2, 0.25) is 0 Å². The Bertz CT molecular complexity index is 1930. The molecule has 1 atom stereocenters. The van der Waals surface area contributed by atoms with Gasteiger partial charge in [-0.05, 0) is 70.6 Å². The van der Waals surface area contributed by atoms with Crippen molar-refractivity contribution < 1.29 is 23.8 Å². The molecular weight excluding hydrogens is 656 g/mol. The lowest BCUT2D eigenvalue weighted by Crippen LogP contribution is -2.40. The summed E-state index contributed by atoms with van der Waals surface area (Å²) in [6, 6.07) is 22.1. The van der Waals surface area contributed by atoms with Crippen LogP contribution in [0.15, 0.2) is 92.6 Å². The van der Waals surface area contributed by atoms with Crippen LogP contribution < -0.4 is 19.6 Å². The largest absolute Gasteiger partial charge is 0.481 e. The van der Waals surface area contributed by atoms with Crippen molar-refractivity contribution in [3.8, 4) is 5.75 Å². The minimum Gasteiger partial charge on any atom is -0.481 e. The quantitative estimate of drug-likeness (QED) is 0.197. The first-order valence-corrected chi connectivity index (χ1v) is 16.3. The Kier molecular flexibility index (Phi) is 10.1. The normalized spacial score (nSPS) is 14.6. The van der Waals surface area contributed by atoms with Gasteiger partial charge in [0, 0.05) is 5.56 Å². The Morgan fingerprint density at radius 3 is 2.36 bits per heavy atom. The summed E-state index contributed by atoms with van der Waals surface area (Å²) in [5, 5.41) is 0. The molecule has 0 radical (unpaired) electrons. The van der Waals surface area contributed by atoms with Gasteiger partial charge in [0.2, 0.25) is 0 Å². The number of esters is 2. The fourth-order valence-electron chi connectivity index (χ4n) is 5.03. The average molecular weight is 690 g/mol. The molecule has 3 aromatic carbocycles. The number of ether oxygens (including phenoxy) is 3. The first-order chi connectivity index (χ1) is 21.7. The van der Waals surface area contributed by atoms with E-state index in [2.05, 4.69) is 29.8 Å². The van der Waals surface area contributed by atoms with E-state index in [1.165, 1.54) is 11.3 Å². The van der Waals surface area contributed by atoms with Gasteiger partial charge in [-0.2, -0.15) is 0 Å². The minimum absolute atomic E-state index is 0.183. The zero-order valence-electron chi connectivity index (χ0n) is 25.4. The third-order valence-electron chi connectivity index (χ3n) is 7.20. The first kappa shape index (κ1) is 32.1. The number of aromatic nitrogens is 1. The lowest BCUT2D eigenvalue weighted by molar-refractivity contribution is -0.145. The highest BCUT2D eigenvalue weighted by Gasteiger charge is 2.35. The molecule has 0 aliphatic carbocycles. The van der Waals surface area contributed by atoms with Crippen LogP contribution in [0.3, 0.4) is 0 Å². The predicted molar refractivity (Wildman–Crippen MR) is 178 cm³/mol. The maximum absolute atomic E-state index is 14.2. The van der Waals surface area contributed by atoms with Crippen molar-refractivity contribution in [2.24, 2.45) is 4.99 Å². The van der Waals surface area contributed by atoms with E-state index in [1.54, 1.807) is 42.7 Å². The third kappa shape index (κ3) is 7.02. The van der Waals surface area contributed by atoms with Crippen LogP contribution in [0, 0.1) is 0 Å². The molecule has 0 amide bonds. The SMILES string of the molecule is CCOC(=O)COc1ccc(/C=c2\sc3n(c2=O)[C@H](c2ccc(C(C)C)cc2)C(C(=O)OCC)=C(c2ccccc2)N=3)cc1Br. The number of halogens is 1. The number of rotatable bonds is 10. The summed E-state index contributed by atoms with van der Waals surface area (Å²) in [4.78, 5) is 44.9. The fourth-order valence-corrected chi connectivity index (χ4v) is 6.55. The summed E-state index contributed by atoms with van der Waals surface area (Å²) in [6.07, 6.45) is 1.78. The molecular formula is C35H33BrN2O6S. The molecule has 4 aromatic rings. The maximum Gasteiger partial charge on any atom is 0.344 e. The summed E-state index contributed by atoms with van der Waals surface area (Å²) in [5.74, 6) is -0.185. The minimum atomic E-state index is -0.746. The second-order valence-corrected chi connectivity index (χ2v) is 12.4. The van der Waals surface area contributed by atoms with Gasteiger partial charge in [-0.15, -0.1) is 0 Å². The number of carbonyl (C=O) groups excluding carboxylic acids is 2. The summed E-state index contributed by atoms with van der Waals surface area (Å²) >= 11 is 4.75. The number of nitrogens with zero attached hydrogens (tertiary/aromatic N) is 2. The van der Waals surface area contributed by atoms with E-state index < -0.39 is 18.0 Å². The number of carbonyl (C=O) groups is 2. The molecule has 45 heavy (non-hydrogen) atoms. The zero-order valence-corrected chi connectivity index (χ0v) is 27.8. The molecule has 1 aliphatic rings. The van der Waals surface area contributed by atoms with Crippen LogP contribution in [-0.2, 0) is 19.1 Å². The third-order valence-corrected chi connectivity index (χ3v) is 8.80. The van der Waals surface area contributed by atoms with Crippen molar-refractivity contribution in [1.82, 2.24) is 4.57 Å². The smallest absolute Gasteiger partial charge is 0.344 e. The molecule has 0 saturated heterocycles. The van der Waals surface area contributed by atoms with Crippen molar-refractivity contribution >= 4 is 51.0 Å². The molecule has 5 rings (SSSR count). The number of thiazole rings is 1. The van der Waals surface area contributed by atoms with E-state index in [0.717, 1.165) is 22.3 Å². The van der Waals surface area contributed by atoms with E-state index in [-0.39, 0.29) is 25.4 Å². The number of hydrogen-bond donors (Lipinski definition) is 0. The summed E-state index contributed by atoms with van der Waals surface area (Å²) < 4.78 is 18.7. The topological polar surface area (TPSA) is 96.2 Å². The number of fused-ring (bicyclic) bond motifs is 1. The van der Waals surface area contributed by atoms with Gasteiger partial charge in [-0.25, -0.2) is 14.6 Å². The fraction of sp³-hybridized carbons (Fsp3) is 0.257. The molecule has 8 nitrogen and oxygen atoms in total. The molecule has 2 heterocycles. The molecule has 0 fully saturated rings. The number of hydrogen-bond acceptors (Lipinski definition) is 8. The van der Waals surface area contributed by atoms with Gasteiger partial charge in [0.1, 0.15) is 5.75 Å². The molecule has 1 aromatic heterocycles. The summed E-state index contributed by atoms with van der Waals surface area (Å²) in [6.45, 7) is 7.97. The summed E-state index contributed by atoms with van der Waals surface area (Å²) in [7, 11) is 0. The molecule has 0 saturated carbocycles. The zero-order chi connectivity index (χ0) is 32.1. The van der Waals surface area contributed by atoms with E-state index in [9.17, 15) is 14.4 Å². The van der Waals surface area contributed by atoms with Crippen molar-refractivity contribution in [1.29, 1.82) is 0 Å². The van der Waals surface area contributed by atoms with Crippen molar-refractivity contribution in [3.63, 3.8) is 0 Å². The molecule has 10 heteroatoms. The molecule has 0 spiro atoms. The van der Waals surface area contributed by atoms with Crippen LogP contribution in [0.5, 0.6) is 5.75 Å². The Hall–Kier alpha value is -4.28. The highest BCUT2D eigenvalue weighted by Crippen LogP contribution is 2.35. The van der Waals surface area contributed by atoms with Gasteiger partial charge in [-0.1, -0.05) is 85.8 Å². The molecule has 0 bridgehead atoms. The van der Waals surface area contributed by atoms with Crippen LogP contribution in [0.1, 0.15) is 61.9 Å². The highest BCUT2D eigenvalue weighted by atomic mass is 79.9. The van der Waals surface area contributed by atoms with Crippen LogP contribution in [0.4, 0.5) is 0 Å². The lowest BCUT2D eigenvalue weighted by atomic mass is 9.91. The Morgan fingerprint density at radius 2 is 1.71 bits per heavy atom. The molecule has 232 valence electrons. The highest BCUT2D eigenvalue weighted by molar-refractivity contribution is 9.10. The van der Waals surface area contributed by atoms with Crippen LogP contribution in [0.25, 0.3) is 11.8 Å². The molecule has 1 aliphatic heterocycles. The predicted octanol–water partition coefficient (Wildman–Crippen LogP) is 5.76. The average Bonchev–Trinajstić information content (AvgIpc) is 3.34. The number of benzene rings is 3. The standard InChI is InChI=1S/C35H33BrN2O6S/c1-5-42-29(39)20-44-27-17-12-22(18-26(27)36)19-28-33(40)38-32(25-15-13-23(14-16-25)21(3)4)30(34(41)43-6-2)31(37-35(38)45-28)24-10-8-7-9-11-24/h7-19,21,32H,5-6,20H2,1-4H3/b28-19-/t32-/m1/s1. The van der Waals surface area contributed by atoms with Gasteiger partial charge in [0.15, 0.2) is 11.4 Å². The monoisotopic (exact) mass is 688 g/mol. The van der Waals surface area contributed by atoms with Gasteiger partial charge in [0.25, 0.3) is 5.56 Å². The molecule has 0 unspecified atom stereocenters. The van der Waals surface area contributed by atoms with Crippen LogP contribution >= 0.6 is 27.3 Å². The van der Waals surface area contributed by atoms with E-state index >= 15 is 0 Å². The van der Waals surface area contributed by atoms with Crippen LogP contribution in [-0.4, -0.2) is 36.3 Å². The second-order valence-electron chi connectivity index (χ2n) is 10.5. The van der Waals surface area contributed by atoms with Gasteiger partial charge in [0.05, 0.1) is 39.5 Å². The summed E-state index contributed by atoms with van der Waals surface area (Å²) in [5.41, 5.74) is 3.94. The Morgan fingerprint density at radius 1 is 1.00 bits per heavy atom. The lowest BCUT2D eigenvalue weighted by Gasteiger charge is -2.26. The molecule has 0 N–H and O–H groups in total. The van der Waals surface area contributed by atoms with Gasteiger partial charge < -0.3 is 14.2 Å². The Balaban J connectivity index is 1.66.